The second-order valence-corrected chi connectivity index (χ2v) is 5.33. The van der Waals surface area contributed by atoms with Crippen LogP contribution in [-0.2, 0) is 9.47 Å². The molecule has 0 radical (unpaired) electrons. The van der Waals surface area contributed by atoms with Crippen LogP contribution in [0.5, 0.6) is 0 Å². The van der Waals surface area contributed by atoms with Crippen molar-refractivity contribution in [2.75, 3.05) is 14.2 Å². The SMILES string of the molecule is COC(=O)N1[C@@H]2C3CC4[C@@H]2[C@@H]4[C@@H]3N1C(=O)OC. The Kier molecular flexibility index (Phi) is 1.51. The van der Waals surface area contributed by atoms with Crippen LogP contribution in [0.25, 0.3) is 0 Å². The molecule has 4 aliphatic carbocycles. The number of carbonyl (C=O) groups excluding carboxylic acids is 2. The fourth-order valence-corrected chi connectivity index (χ4v) is 4.65. The first kappa shape index (κ1) is 9.56. The van der Waals surface area contributed by atoms with E-state index in [0.717, 1.165) is 12.3 Å². The zero-order valence-electron chi connectivity index (χ0n) is 9.70. The van der Waals surface area contributed by atoms with Crippen molar-refractivity contribution in [3.8, 4) is 0 Å². The van der Waals surface area contributed by atoms with Gasteiger partial charge in [0.05, 0.1) is 26.3 Å². The zero-order chi connectivity index (χ0) is 11.9. The molecule has 1 saturated heterocycles. The Morgan fingerprint density at radius 3 is 1.76 bits per heavy atom. The van der Waals surface area contributed by atoms with E-state index in [1.165, 1.54) is 24.2 Å². The first-order valence-electron chi connectivity index (χ1n) is 5.95. The number of rotatable bonds is 0. The van der Waals surface area contributed by atoms with Gasteiger partial charge >= 0.3 is 12.2 Å². The molecule has 1 aliphatic heterocycles. The van der Waals surface area contributed by atoms with Crippen LogP contribution in [0.3, 0.4) is 0 Å². The summed E-state index contributed by atoms with van der Waals surface area (Å²) in [5, 5.41) is 2.99. The van der Waals surface area contributed by atoms with Crippen molar-refractivity contribution >= 4 is 12.2 Å². The predicted octanol–water partition coefficient (Wildman–Crippen LogP) is 0.685. The third kappa shape index (κ3) is 0.828. The number of hydrogen-bond donors (Lipinski definition) is 0. The molecule has 6 heteroatoms. The van der Waals surface area contributed by atoms with E-state index in [4.69, 9.17) is 9.47 Å². The standard InChI is InChI=1S/C11H14N2O4/c1-16-10(14)12-8-5-3-4-6(8)7(4)9(5)13(12)11(15)17-2/h4-9H,3H2,1-2H3/t4?,5?,6-,7-,8-,9-/m1/s1. The maximum Gasteiger partial charge on any atom is 0.428 e. The number of methoxy groups -OCH3 is 2. The topological polar surface area (TPSA) is 59.1 Å². The van der Waals surface area contributed by atoms with Gasteiger partial charge in [-0.25, -0.2) is 19.6 Å². The van der Waals surface area contributed by atoms with E-state index in [1.54, 1.807) is 0 Å². The Balaban J connectivity index is 1.73. The molecule has 17 heavy (non-hydrogen) atoms. The van der Waals surface area contributed by atoms with Crippen LogP contribution in [0.1, 0.15) is 6.42 Å². The van der Waals surface area contributed by atoms with Gasteiger partial charge in [0, 0.05) is 5.92 Å². The van der Waals surface area contributed by atoms with Crippen molar-refractivity contribution in [2.24, 2.45) is 23.7 Å². The maximum absolute atomic E-state index is 11.8. The third-order valence-electron chi connectivity index (χ3n) is 5.02. The molecule has 5 rings (SSSR count). The van der Waals surface area contributed by atoms with Gasteiger partial charge in [0.25, 0.3) is 0 Å². The summed E-state index contributed by atoms with van der Waals surface area (Å²) in [6.45, 7) is 0. The third-order valence-corrected chi connectivity index (χ3v) is 5.02. The van der Waals surface area contributed by atoms with Crippen LogP contribution in [-0.4, -0.2) is 48.5 Å². The van der Waals surface area contributed by atoms with Crippen LogP contribution >= 0.6 is 0 Å². The molecule has 4 saturated carbocycles. The number of hydrogen-bond acceptors (Lipinski definition) is 4. The molecule has 0 spiro atoms. The summed E-state index contributed by atoms with van der Waals surface area (Å²) in [5.74, 6) is 2.36. The molecular formula is C11H14N2O4. The lowest BCUT2D eigenvalue weighted by atomic mass is 10.1. The van der Waals surface area contributed by atoms with Gasteiger partial charge in [0.2, 0.25) is 0 Å². The van der Waals surface area contributed by atoms with E-state index >= 15 is 0 Å². The van der Waals surface area contributed by atoms with Crippen LogP contribution < -0.4 is 0 Å². The quantitative estimate of drug-likeness (QED) is 0.623. The molecule has 5 fully saturated rings. The van der Waals surface area contributed by atoms with Gasteiger partial charge in [-0.15, -0.1) is 0 Å². The normalized spacial score (nSPS) is 47.4. The lowest BCUT2D eigenvalue weighted by Gasteiger charge is -2.35. The molecule has 6 nitrogen and oxygen atoms in total. The Labute approximate surface area is 98.4 Å². The zero-order valence-corrected chi connectivity index (χ0v) is 9.70. The summed E-state index contributed by atoms with van der Waals surface area (Å²) in [4.78, 5) is 23.6. The summed E-state index contributed by atoms with van der Waals surface area (Å²) in [6.07, 6.45) is 0.254. The number of hydrazine groups is 1. The van der Waals surface area contributed by atoms with Crippen LogP contribution in [0.4, 0.5) is 9.59 Å². The van der Waals surface area contributed by atoms with E-state index in [0.29, 0.717) is 17.8 Å². The Morgan fingerprint density at radius 2 is 1.41 bits per heavy atom. The van der Waals surface area contributed by atoms with Gasteiger partial charge < -0.3 is 9.47 Å². The molecule has 0 aromatic rings. The number of amides is 2. The fourth-order valence-electron chi connectivity index (χ4n) is 4.65. The van der Waals surface area contributed by atoms with E-state index in [-0.39, 0.29) is 12.1 Å². The van der Waals surface area contributed by atoms with E-state index < -0.39 is 12.2 Å². The summed E-state index contributed by atoms with van der Waals surface area (Å²) < 4.78 is 9.57. The monoisotopic (exact) mass is 238 g/mol. The Hall–Kier alpha value is -1.46. The van der Waals surface area contributed by atoms with Crippen molar-refractivity contribution in [3.05, 3.63) is 0 Å². The summed E-state index contributed by atoms with van der Waals surface area (Å²) >= 11 is 0. The van der Waals surface area contributed by atoms with Crippen molar-refractivity contribution in [1.29, 1.82) is 0 Å². The van der Waals surface area contributed by atoms with Crippen LogP contribution in [0.2, 0.25) is 0 Å². The minimum atomic E-state index is -0.445. The minimum Gasteiger partial charge on any atom is -0.452 e. The highest BCUT2D eigenvalue weighted by atomic mass is 16.6. The van der Waals surface area contributed by atoms with Gasteiger partial charge in [-0.05, 0) is 24.2 Å². The largest absolute Gasteiger partial charge is 0.452 e. The molecule has 0 aromatic heterocycles. The smallest absolute Gasteiger partial charge is 0.428 e. The first-order valence-corrected chi connectivity index (χ1v) is 5.95. The highest BCUT2D eigenvalue weighted by molar-refractivity contribution is 5.77. The van der Waals surface area contributed by atoms with E-state index in [9.17, 15) is 9.59 Å². The van der Waals surface area contributed by atoms with Gasteiger partial charge in [-0.1, -0.05) is 0 Å². The van der Waals surface area contributed by atoms with Crippen molar-refractivity contribution in [1.82, 2.24) is 10.0 Å². The number of carbonyl (C=O) groups is 2. The number of nitrogens with zero attached hydrogens (tertiary/aromatic N) is 2. The first-order chi connectivity index (χ1) is 8.20. The second kappa shape index (κ2) is 2.68. The molecule has 1 heterocycles. The van der Waals surface area contributed by atoms with Crippen molar-refractivity contribution in [3.63, 3.8) is 0 Å². The molecular weight excluding hydrogens is 224 g/mol. The lowest BCUT2D eigenvalue weighted by Crippen LogP contribution is -2.54. The molecule has 2 amide bonds. The molecule has 6 bridgehead atoms. The molecule has 0 unspecified atom stereocenters. The summed E-state index contributed by atoms with van der Waals surface area (Å²) in [6, 6.07) is 0.336. The lowest BCUT2D eigenvalue weighted by molar-refractivity contribution is -0.0331. The summed E-state index contributed by atoms with van der Waals surface area (Å²) in [5.41, 5.74) is 0. The highest BCUT2D eigenvalue weighted by Gasteiger charge is 2.82. The van der Waals surface area contributed by atoms with Crippen molar-refractivity contribution < 1.29 is 19.1 Å². The minimum absolute atomic E-state index is 0.168. The van der Waals surface area contributed by atoms with Gasteiger partial charge in [-0.2, -0.15) is 0 Å². The maximum atomic E-state index is 11.8. The van der Waals surface area contributed by atoms with Crippen LogP contribution in [0, 0.1) is 23.7 Å². The van der Waals surface area contributed by atoms with Gasteiger partial charge in [0.1, 0.15) is 0 Å². The molecule has 4 atom stereocenters. The van der Waals surface area contributed by atoms with Gasteiger partial charge in [-0.3, -0.25) is 0 Å². The Bertz CT molecular complexity index is 390. The highest BCUT2D eigenvalue weighted by Crippen LogP contribution is 2.76. The fraction of sp³-hybridized carbons (Fsp3) is 0.818. The van der Waals surface area contributed by atoms with Crippen molar-refractivity contribution in [2.45, 2.75) is 18.5 Å². The predicted molar refractivity (Wildman–Crippen MR) is 54.6 cm³/mol. The molecule has 0 N–H and O–H groups in total. The summed E-state index contributed by atoms with van der Waals surface area (Å²) in [7, 11) is 2.69. The molecule has 5 aliphatic rings. The second-order valence-electron chi connectivity index (χ2n) is 5.33. The average Bonchev–Trinajstić information content (AvgIpc) is 2.75. The van der Waals surface area contributed by atoms with E-state index in [1.807, 2.05) is 0 Å². The molecule has 0 aromatic carbocycles. The van der Waals surface area contributed by atoms with Gasteiger partial charge in [0.15, 0.2) is 0 Å². The average molecular weight is 238 g/mol. The van der Waals surface area contributed by atoms with E-state index in [2.05, 4.69) is 0 Å². The Morgan fingerprint density at radius 1 is 0.941 bits per heavy atom. The van der Waals surface area contributed by atoms with Crippen LogP contribution in [0.15, 0.2) is 0 Å². The molecule has 92 valence electrons. The number of ether oxygens (including phenoxy) is 2.